The summed E-state index contributed by atoms with van der Waals surface area (Å²) in [5.41, 5.74) is 12.7. The number of thioether (sulfide) groups is 1. The van der Waals surface area contributed by atoms with Gasteiger partial charge in [-0.2, -0.15) is 0 Å². The van der Waals surface area contributed by atoms with Crippen molar-refractivity contribution in [3.8, 4) is 0 Å². The quantitative estimate of drug-likeness (QED) is 0.202. The van der Waals surface area contributed by atoms with Crippen LogP contribution in [0.25, 0.3) is 22.7 Å². The number of aromatic nitrogens is 1. The molecule has 2 N–H and O–H groups in total. The van der Waals surface area contributed by atoms with Crippen LogP contribution in [0.15, 0.2) is 132 Å². The Kier molecular flexibility index (Phi) is 7.53. The molecule has 5 unspecified atom stereocenters. The van der Waals surface area contributed by atoms with Crippen molar-refractivity contribution in [2.24, 2.45) is 5.92 Å². The maximum Gasteiger partial charge on any atom is 0.0845 e. The van der Waals surface area contributed by atoms with E-state index < -0.39 is 0 Å². The van der Waals surface area contributed by atoms with Crippen molar-refractivity contribution in [2.45, 2.75) is 67.4 Å². The summed E-state index contributed by atoms with van der Waals surface area (Å²) in [6.45, 7) is 2.36. The van der Waals surface area contributed by atoms with E-state index in [4.69, 9.17) is 0 Å². The average Bonchev–Trinajstić information content (AvgIpc) is 3.72. The van der Waals surface area contributed by atoms with E-state index in [0.29, 0.717) is 11.2 Å². The zero-order valence-corrected chi connectivity index (χ0v) is 27.7. The van der Waals surface area contributed by atoms with Crippen LogP contribution in [-0.2, 0) is 12.8 Å². The second-order valence-electron chi connectivity index (χ2n) is 13.7. The monoisotopic (exact) mass is 631 g/mol. The Balaban J connectivity index is 1.11. The number of allylic oxidation sites excluding steroid dienone is 3. The highest BCUT2D eigenvalue weighted by molar-refractivity contribution is 8.00. The van der Waals surface area contributed by atoms with Crippen molar-refractivity contribution < 1.29 is 0 Å². The molecule has 3 nitrogen and oxygen atoms in total. The summed E-state index contributed by atoms with van der Waals surface area (Å²) in [5.74, 6) is 0.534. The highest BCUT2D eigenvalue weighted by Gasteiger charge is 2.33. The van der Waals surface area contributed by atoms with E-state index in [1.807, 2.05) is 0 Å². The molecule has 9 rings (SSSR count). The van der Waals surface area contributed by atoms with Gasteiger partial charge in [-0.05, 0) is 78.0 Å². The van der Waals surface area contributed by atoms with Gasteiger partial charge in [-0.3, -0.25) is 10.6 Å². The fourth-order valence-electron chi connectivity index (χ4n) is 8.29. The fourth-order valence-corrected chi connectivity index (χ4v) is 9.76. The Morgan fingerprint density at radius 2 is 1.45 bits per heavy atom. The van der Waals surface area contributed by atoms with Crippen LogP contribution in [0.4, 0.5) is 0 Å². The second-order valence-corrected chi connectivity index (χ2v) is 14.9. The standard InChI is InChI=1S/C43H41N3S/c1-28-20-22-35-39(24-28)46(38-23-21-33-26-40(47-42(33)41(35)38)30-14-7-3-8-15-30)34-19-11-18-32(25-34)37-27-36(29-12-5-2-6-13-29)44-43(45-37)31-16-9-4-10-17-31/h2-10,12-18,20-23,25,28,36-37,40,43-45H,11,19,24,26-27H2,1H3. The number of nitrogens with zero attached hydrogens (tertiary/aromatic N) is 1. The fraction of sp³-hybridized carbons (Fsp3) is 0.256. The summed E-state index contributed by atoms with van der Waals surface area (Å²) in [5, 5.41) is 9.89. The highest BCUT2D eigenvalue weighted by atomic mass is 32.2. The van der Waals surface area contributed by atoms with Crippen LogP contribution >= 0.6 is 11.8 Å². The summed E-state index contributed by atoms with van der Waals surface area (Å²) in [4.78, 5) is 1.49. The average molecular weight is 632 g/mol. The molecule has 4 aliphatic rings. The first-order valence-electron chi connectivity index (χ1n) is 17.3. The topological polar surface area (TPSA) is 29.0 Å². The Morgan fingerprint density at radius 3 is 2.21 bits per heavy atom. The van der Waals surface area contributed by atoms with Crippen LogP contribution in [0.3, 0.4) is 0 Å². The van der Waals surface area contributed by atoms with E-state index in [9.17, 15) is 0 Å². The minimum Gasteiger partial charge on any atom is -0.317 e. The van der Waals surface area contributed by atoms with Gasteiger partial charge in [0.25, 0.3) is 0 Å². The molecule has 3 heterocycles. The van der Waals surface area contributed by atoms with Gasteiger partial charge in [0.15, 0.2) is 0 Å². The summed E-state index contributed by atoms with van der Waals surface area (Å²) >= 11 is 2.08. The first-order chi connectivity index (χ1) is 23.2. The first kappa shape index (κ1) is 29.1. The lowest BCUT2D eigenvalue weighted by molar-refractivity contribution is 0.267. The molecule has 1 saturated heterocycles. The predicted molar refractivity (Wildman–Crippen MR) is 197 cm³/mol. The van der Waals surface area contributed by atoms with Gasteiger partial charge in [-0.25, -0.2) is 0 Å². The third kappa shape index (κ3) is 5.33. The maximum absolute atomic E-state index is 4.02. The number of rotatable bonds is 5. The van der Waals surface area contributed by atoms with Crippen molar-refractivity contribution in [1.29, 1.82) is 0 Å². The lowest BCUT2D eigenvalue weighted by Gasteiger charge is -2.39. The molecular weight excluding hydrogens is 591 g/mol. The molecule has 0 saturated carbocycles. The normalized spacial score (nSPS) is 25.3. The van der Waals surface area contributed by atoms with Gasteiger partial charge in [0.2, 0.25) is 0 Å². The molecule has 1 aromatic heterocycles. The van der Waals surface area contributed by atoms with Crippen molar-refractivity contribution in [2.75, 3.05) is 0 Å². The summed E-state index contributed by atoms with van der Waals surface area (Å²) in [6, 6.07) is 38.3. The zero-order chi connectivity index (χ0) is 31.3. The molecule has 4 aromatic carbocycles. The Bertz CT molecular complexity index is 1970. The largest absolute Gasteiger partial charge is 0.317 e. The van der Waals surface area contributed by atoms with E-state index in [0.717, 1.165) is 32.1 Å². The zero-order valence-electron chi connectivity index (χ0n) is 26.9. The molecule has 4 heteroatoms. The third-order valence-electron chi connectivity index (χ3n) is 10.6. The number of hydrogen-bond acceptors (Lipinski definition) is 3. The number of benzene rings is 4. The first-order valence-corrected chi connectivity index (χ1v) is 18.2. The third-order valence-corrected chi connectivity index (χ3v) is 12.0. The minimum absolute atomic E-state index is 0.0863. The van der Waals surface area contributed by atoms with Crippen molar-refractivity contribution in [3.63, 3.8) is 0 Å². The molecule has 0 amide bonds. The van der Waals surface area contributed by atoms with Gasteiger partial charge in [0, 0.05) is 44.6 Å². The maximum atomic E-state index is 4.02. The van der Waals surface area contributed by atoms with Gasteiger partial charge in [0.05, 0.1) is 11.7 Å². The number of fused-ring (bicyclic) bond motifs is 5. The Morgan fingerprint density at radius 1 is 0.745 bits per heavy atom. The summed E-state index contributed by atoms with van der Waals surface area (Å²) in [6.07, 6.45) is 15.3. The van der Waals surface area contributed by atoms with Gasteiger partial charge < -0.3 is 4.57 Å². The molecule has 5 aromatic rings. The van der Waals surface area contributed by atoms with Crippen LogP contribution < -0.4 is 10.6 Å². The molecular formula is C43H41N3S. The van der Waals surface area contributed by atoms with Crippen molar-refractivity contribution in [1.82, 2.24) is 15.2 Å². The summed E-state index contributed by atoms with van der Waals surface area (Å²) < 4.78 is 2.67. The van der Waals surface area contributed by atoms with Crippen molar-refractivity contribution in [3.05, 3.63) is 160 Å². The molecule has 1 fully saturated rings. The van der Waals surface area contributed by atoms with Crippen LogP contribution in [0.5, 0.6) is 0 Å². The minimum atomic E-state index is 0.0863. The smallest absolute Gasteiger partial charge is 0.0845 e. The van der Waals surface area contributed by atoms with E-state index in [1.165, 1.54) is 60.6 Å². The van der Waals surface area contributed by atoms with E-state index in [2.05, 4.69) is 161 Å². The molecule has 0 spiro atoms. The Hall–Kier alpha value is -4.09. The second kappa shape index (κ2) is 12.2. The Labute approximate surface area is 282 Å². The lowest BCUT2D eigenvalue weighted by Crippen LogP contribution is -2.49. The van der Waals surface area contributed by atoms with E-state index >= 15 is 0 Å². The van der Waals surface area contributed by atoms with Crippen LogP contribution in [0.2, 0.25) is 0 Å². The van der Waals surface area contributed by atoms with Gasteiger partial charge in [-0.15, -0.1) is 11.8 Å². The van der Waals surface area contributed by atoms with E-state index in [1.54, 1.807) is 0 Å². The van der Waals surface area contributed by atoms with E-state index in [-0.39, 0.29) is 18.2 Å². The molecule has 5 atom stereocenters. The van der Waals surface area contributed by atoms with Gasteiger partial charge in [-0.1, -0.05) is 122 Å². The van der Waals surface area contributed by atoms with Crippen LogP contribution in [-0.4, -0.2) is 10.6 Å². The van der Waals surface area contributed by atoms with Crippen LogP contribution in [0, 0.1) is 5.92 Å². The molecule has 234 valence electrons. The molecule has 0 radical (unpaired) electrons. The molecule has 0 bridgehead atoms. The molecule has 47 heavy (non-hydrogen) atoms. The lowest BCUT2D eigenvalue weighted by atomic mass is 9.88. The SMILES string of the molecule is CC1C=Cc2c(n(C3=CC(C4CC(c5ccccc5)NC(c5ccccc5)N4)=CCC3)c3ccc4c(c23)SC(c2ccccc2)C4)C1. The van der Waals surface area contributed by atoms with Crippen molar-refractivity contribution >= 4 is 34.4 Å². The highest BCUT2D eigenvalue weighted by Crippen LogP contribution is 2.52. The van der Waals surface area contributed by atoms with Gasteiger partial charge in [0.1, 0.15) is 0 Å². The van der Waals surface area contributed by atoms with Gasteiger partial charge >= 0.3 is 0 Å². The molecule has 2 aliphatic heterocycles. The van der Waals surface area contributed by atoms with Crippen LogP contribution in [0.1, 0.15) is 77.2 Å². The number of nitrogens with one attached hydrogen (secondary N) is 2. The molecule has 2 aliphatic carbocycles. The number of hydrogen-bond donors (Lipinski definition) is 2. The summed E-state index contributed by atoms with van der Waals surface area (Å²) in [7, 11) is 0. The predicted octanol–water partition coefficient (Wildman–Crippen LogP) is 10.2.